The van der Waals surface area contributed by atoms with E-state index in [-0.39, 0.29) is 17.4 Å². The number of rotatable bonds is 4. The Morgan fingerprint density at radius 1 is 0.938 bits per heavy atom. The zero-order valence-corrected chi connectivity index (χ0v) is 19.0. The normalized spacial score (nSPS) is 32.2. The second kappa shape index (κ2) is 7.47. The van der Waals surface area contributed by atoms with Gasteiger partial charge >= 0.3 is 5.97 Å². The lowest BCUT2D eigenvalue weighted by molar-refractivity contribution is -0.161. The molecule has 1 atom stereocenters. The van der Waals surface area contributed by atoms with Crippen molar-refractivity contribution in [3.8, 4) is 11.5 Å². The van der Waals surface area contributed by atoms with Gasteiger partial charge < -0.3 is 9.47 Å². The van der Waals surface area contributed by atoms with Crippen LogP contribution in [0.25, 0.3) is 0 Å². The summed E-state index contributed by atoms with van der Waals surface area (Å²) in [6.45, 7) is 2.07. The maximum Gasteiger partial charge on any atom is 0.317 e. The molecule has 0 unspecified atom stereocenters. The molecule has 2 aromatic carbocycles. The topological polar surface area (TPSA) is 47.9 Å². The van der Waals surface area contributed by atoms with E-state index in [0.29, 0.717) is 5.75 Å². The lowest BCUT2D eigenvalue weighted by atomic mass is 9.49. The van der Waals surface area contributed by atoms with Crippen molar-refractivity contribution in [1.82, 2.24) is 0 Å². The zero-order chi connectivity index (χ0) is 21.9. The van der Waals surface area contributed by atoms with Crippen molar-refractivity contribution in [2.24, 2.45) is 28.2 Å². The highest BCUT2D eigenvalue weighted by Gasteiger charge is 2.55. The molecule has 0 radical (unpaired) electrons. The monoisotopic (exact) mass is 429 g/mol. The number of benzene rings is 2. The molecule has 0 amide bonds. The first kappa shape index (κ1) is 20.0. The number of hydrogen-bond donors (Lipinski definition) is 0. The van der Waals surface area contributed by atoms with E-state index in [1.165, 1.54) is 30.4 Å². The van der Waals surface area contributed by atoms with E-state index in [4.69, 9.17) is 14.5 Å². The second-order valence-corrected chi connectivity index (χ2v) is 10.6. The Kier molecular flexibility index (Phi) is 4.67. The van der Waals surface area contributed by atoms with Gasteiger partial charge in [0.1, 0.15) is 11.5 Å². The summed E-state index contributed by atoms with van der Waals surface area (Å²) < 4.78 is 11.4. The summed E-state index contributed by atoms with van der Waals surface area (Å²) in [6, 6.07) is 14.3. The minimum absolute atomic E-state index is 0.0180. The van der Waals surface area contributed by atoms with E-state index in [0.717, 1.165) is 60.5 Å². The van der Waals surface area contributed by atoms with Crippen LogP contribution in [-0.2, 0) is 11.2 Å². The van der Waals surface area contributed by atoms with Crippen molar-refractivity contribution in [3.63, 3.8) is 0 Å². The Labute approximate surface area is 190 Å². The van der Waals surface area contributed by atoms with E-state index in [2.05, 4.69) is 31.2 Å². The molecule has 1 aliphatic heterocycles. The molecular weight excluding hydrogens is 398 g/mol. The summed E-state index contributed by atoms with van der Waals surface area (Å²) in [5.74, 6) is 3.77. The molecule has 0 saturated heterocycles. The molecule has 2 aromatic rings. The van der Waals surface area contributed by atoms with Gasteiger partial charge in [-0.3, -0.25) is 9.79 Å². The van der Waals surface area contributed by atoms with Gasteiger partial charge in [-0.1, -0.05) is 12.1 Å². The highest BCUT2D eigenvalue weighted by atomic mass is 16.5. The van der Waals surface area contributed by atoms with Gasteiger partial charge in [0.2, 0.25) is 0 Å². The molecule has 32 heavy (non-hydrogen) atoms. The van der Waals surface area contributed by atoms with E-state index in [1.54, 1.807) is 7.11 Å². The van der Waals surface area contributed by atoms with Crippen molar-refractivity contribution < 1.29 is 14.3 Å². The van der Waals surface area contributed by atoms with Crippen LogP contribution >= 0.6 is 0 Å². The molecule has 7 rings (SSSR count). The van der Waals surface area contributed by atoms with Gasteiger partial charge in [-0.15, -0.1) is 0 Å². The third-order valence-corrected chi connectivity index (χ3v) is 8.41. The molecule has 5 aliphatic rings. The van der Waals surface area contributed by atoms with Crippen LogP contribution in [-0.4, -0.2) is 18.8 Å². The molecule has 4 bridgehead atoms. The fraction of sp³-hybridized carbons (Fsp3) is 0.500. The van der Waals surface area contributed by atoms with E-state index < -0.39 is 0 Å². The van der Waals surface area contributed by atoms with Gasteiger partial charge in [0.05, 0.1) is 18.6 Å². The first-order valence-electron chi connectivity index (χ1n) is 12.1. The quantitative estimate of drug-likeness (QED) is 0.447. The van der Waals surface area contributed by atoms with Crippen LogP contribution in [0.5, 0.6) is 11.5 Å². The van der Waals surface area contributed by atoms with Crippen LogP contribution in [0.3, 0.4) is 0 Å². The standard InChI is InChI=1S/C28H31NO3/c1-17-25-8-7-24(12-22(25)13-26(29-17)21-3-5-23(31-2)6-4-21)32-27(30)28-14-18-9-19(15-28)11-20(10-18)16-28/h3-8,12,18-20,26H,9-11,13-16H2,1-2H3/t18?,19?,20?,26-,28?/m1/s1. The molecule has 0 aromatic heterocycles. The van der Waals surface area contributed by atoms with Crippen LogP contribution in [0.1, 0.15) is 68.2 Å². The lowest BCUT2D eigenvalue weighted by Crippen LogP contribution is -2.51. The van der Waals surface area contributed by atoms with Crippen molar-refractivity contribution in [3.05, 3.63) is 59.2 Å². The molecule has 1 heterocycles. The maximum absolute atomic E-state index is 13.4. The Bertz CT molecular complexity index is 1050. The molecule has 0 N–H and O–H groups in total. The van der Waals surface area contributed by atoms with Gasteiger partial charge in [-0.25, -0.2) is 0 Å². The zero-order valence-electron chi connectivity index (χ0n) is 19.0. The molecule has 4 heteroatoms. The Morgan fingerprint density at radius 2 is 1.56 bits per heavy atom. The molecule has 0 spiro atoms. The molecule has 4 nitrogen and oxygen atoms in total. The summed E-state index contributed by atoms with van der Waals surface area (Å²) in [4.78, 5) is 18.3. The number of aliphatic imine (C=N–C) groups is 1. The third-order valence-electron chi connectivity index (χ3n) is 8.41. The van der Waals surface area contributed by atoms with Crippen LogP contribution in [0, 0.1) is 23.2 Å². The van der Waals surface area contributed by atoms with Gasteiger partial charge in [0, 0.05) is 5.71 Å². The maximum atomic E-state index is 13.4. The molecule has 4 aliphatic carbocycles. The predicted octanol–water partition coefficient (Wildman–Crippen LogP) is 5.92. The van der Waals surface area contributed by atoms with E-state index in [9.17, 15) is 4.79 Å². The van der Waals surface area contributed by atoms with Crippen LogP contribution < -0.4 is 9.47 Å². The average Bonchev–Trinajstić information content (AvgIpc) is 2.78. The number of nitrogens with zero attached hydrogens (tertiary/aromatic N) is 1. The van der Waals surface area contributed by atoms with E-state index in [1.807, 2.05) is 18.2 Å². The minimum Gasteiger partial charge on any atom is -0.497 e. The van der Waals surface area contributed by atoms with Crippen molar-refractivity contribution in [2.45, 2.75) is 57.9 Å². The number of fused-ring (bicyclic) bond motifs is 1. The Morgan fingerprint density at radius 3 is 2.19 bits per heavy atom. The molecular formula is C28H31NO3. The molecule has 4 fully saturated rings. The van der Waals surface area contributed by atoms with Gasteiger partial charge in [-0.2, -0.15) is 0 Å². The lowest BCUT2D eigenvalue weighted by Gasteiger charge is -2.55. The van der Waals surface area contributed by atoms with Crippen molar-refractivity contribution in [1.29, 1.82) is 0 Å². The summed E-state index contributed by atoms with van der Waals surface area (Å²) in [5.41, 5.74) is 4.34. The summed E-state index contributed by atoms with van der Waals surface area (Å²) in [6.07, 6.45) is 7.90. The summed E-state index contributed by atoms with van der Waals surface area (Å²) in [5, 5.41) is 0. The Balaban J connectivity index is 1.22. The number of methoxy groups -OCH3 is 1. The number of carbonyl (C=O) groups is 1. The highest BCUT2D eigenvalue weighted by Crippen LogP contribution is 2.60. The number of carbonyl (C=O) groups excluding carboxylic acids is 1. The van der Waals surface area contributed by atoms with Crippen molar-refractivity contribution in [2.75, 3.05) is 7.11 Å². The Hall–Kier alpha value is -2.62. The number of hydrogen-bond acceptors (Lipinski definition) is 4. The predicted molar refractivity (Wildman–Crippen MR) is 124 cm³/mol. The largest absolute Gasteiger partial charge is 0.497 e. The molecule has 166 valence electrons. The smallest absolute Gasteiger partial charge is 0.317 e. The van der Waals surface area contributed by atoms with Gasteiger partial charge in [0.15, 0.2) is 0 Å². The fourth-order valence-corrected chi connectivity index (χ4v) is 7.31. The average molecular weight is 430 g/mol. The highest BCUT2D eigenvalue weighted by molar-refractivity contribution is 6.01. The first-order chi connectivity index (χ1) is 15.5. The number of esters is 1. The minimum atomic E-state index is -0.229. The van der Waals surface area contributed by atoms with Gasteiger partial charge in [0.25, 0.3) is 0 Å². The summed E-state index contributed by atoms with van der Waals surface area (Å²) in [7, 11) is 1.68. The van der Waals surface area contributed by atoms with Crippen LogP contribution in [0.2, 0.25) is 0 Å². The van der Waals surface area contributed by atoms with Crippen molar-refractivity contribution >= 4 is 11.7 Å². The van der Waals surface area contributed by atoms with Gasteiger partial charge in [-0.05, 0) is 117 Å². The molecule has 4 saturated carbocycles. The summed E-state index contributed by atoms with van der Waals surface area (Å²) >= 11 is 0. The second-order valence-electron chi connectivity index (χ2n) is 10.6. The number of ether oxygens (including phenoxy) is 2. The first-order valence-corrected chi connectivity index (χ1v) is 12.1. The third kappa shape index (κ3) is 3.35. The fourth-order valence-electron chi connectivity index (χ4n) is 7.31. The SMILES string of the molecule is COc1ccc([C@H]2Cc3cc(OC(=O)C45CC6CC(CC(C6)C4)C5)ccc3C(C)=N2)cc1. The van der Waals surface area contributed by atoms with Crippen LogP contribution in [0.15, 0.2) is 47.5 Å². The van der Waals surface area contributed by atoms with E-state index >= 15 is 0 Å². The van der Waals surface area contributed by atoms with Crippen LogP contribution in [0.4, 0.5) is 0 Å².